The molecule has 2 amide bonds. The molecule has 1 saturated heterocycles. The summed E-state index contributed by atoms with van der Waals surface area (Å²) in [6.07, 6.45) is 2.28. The van der Waals surface area contributed by atoms with Crippen molar-refractivity contribution in [1.82, 2.24) is 15.6 Å². The van der Waals surface area contributed by atoms with Crippen LogP contribution in [-0.4, -0.2) is 33.9 Å². The van der Waals surface area contributed by atoms with Gasteiger partial charge in [0.05, 0.1) is 11.9 Å². The average Bonchev–Trinajstić information content (AvgIpc) is 2.39. The predicted molar refractivity (Wildman–Crippen MR) is 85.2 cm³/mol. The van der Waals surface area contributed by atoms with Gasteiger partial charge in [-0.05, 0) is 40.5 Å². The number of rotatable bonds is 2. The number of hydrogen-bond donors (Lipinski definition) is 3. The quantitative estimate of drug-likeness (QED) is 0.565. The standard InChI is InChI=1S/C16H22F2N4O2/c1-15(2)6-10(7-16(3,4)22-15)21-14(24)13(23)20-9-5-11(17)12(18)19-8-9/h5,8,10,22H,6-7H2,1-4H3,(H,20,23)(H,21,24). The number of carbonyl (C=O) groups is 2. The monoisotopic (exact) mass is 340 g/mol. The van der Waals surface area contributed by atoms with E-state index in [1.165, 1.54) is 0 Å². The molecule has 3 N–H and O–H groups in total. The zero-order valence-electron chi connectivity index (χ0n) is 14.2. The van der Waals surface area contributed by atoms with E-state index in [2.05, 4.69) is 20.9 Å². The first-order valence-electron chi connectivity index (χ1n) is 7.70. The second-order valence-electron chi connectivity index (χ2n) is 7.42. The highest BCUT2D eigenvalue weighted by molar-refractivity contribution is 6.39. The first-order chi connectivity index (χ1) is 11.0. The molecule has 6 nitrogen and oxygen atoms in total. The molecule has 1 aliphatic heterocycles. The van der Waals surface area contributed by atoms with E-state index in [1.807, 2.05) is 27.7 Å². The van der Waals surface area contributed by atoms with Crippen molar-refractivity contribution >= 4 is 17.5 Å². The Kier molecular flexibility index (Phi) is 4.89. The molecule has 0 bridgehead atoms. The van der Waals surface area contributed by atoms with Crippen molar-refractivity contribution in [1.29, 1.82) is 0 Å². The van der Waals surface area contributed by atoms with E-state index in [4.69, 9.17) is 0 Å². The molecule has 8 heteroatoms. The van der Waals surface area contributed by atoms with Crippen molar-refractivity contribution in [3.05, 3.63) is 24.0 Å². The third kappa shape index (κ3) is 4.70. The number of hydrogen-bond acceptors (Lipinski definition) is 4. The summed E-state index contributed by atoms with van der Waals surface area (Å²) in [5, 5.41) is 8.38. The Hall–Kier alpha value is -2.09. The lowest BCUT2D eigenvalue weighted by Gasteiger charge is -2.46. The smallest absolute Gasteiger partial charge is 0.313 e. The van der Waals surface area contributed by atoms with E-state index in [1.54, 1.807) is 0 Å². The number of pyridine rings is 1. The number of nitrogens with one attached hydrogen (secondary N) is 3. The van der Waals surface area contributed by atoms with Crippen molar-refractivity contribution in [2.75, 3.05) is 5.32 Å². The zero-order valence-corrected chi connectivity index (χ0v) is 14.2. The fourth-order valence-corrected chi connectivity index (χ4v) is 3.35. The molecule has 2 heterocycles. The van der Waals surface area contributed by atoms with E-state index in [0.29, 0.717) is 12.8 Å². The summed E-state index contributed by atoms with van der Waals surface area (Å²) >= 11 is 0. The van der Waals surface area contributed by atoms with E-state index in [0.717, 1.165) is 12.3 Å². The number of halogens is 2. The summed E-state index contributed by atoms with van der Waals surface area (Å²) in [6.45, 7) is 8.11. The molecule has 1 aliphatic rings. The number of amides is 2. The highest BCUT2D eigenvalue weighted by atomic mass is 19.2. The number of anilines is 1. The third-order valence-corrected chi connectivity index (χ3v) is 3.79. The second-order valence-corrected chi connectivity index (χ2v) is 7.42. The van der Waals surface area contributed by atoms with Gasteiger partial charge < -0.3 is 16.0 Å². The predicted octanol–water partition coefficient (Wildman–Crippen LogP) is 1.72. The Balaban J connectivity index is 1.98. The molecular formula is C16H22F2N4O2. The summed E-state index contributed by atoms with van der Waals surface area (Å²) in [5.74, 6) is -4.23. The minimum Gasteiger partial charge on any atom is -0.345 e. The van der Waals surface area contributed by atoms with Gasteiger partial charge in [0.1, 0.15) is 0 Å². The van der Waals surface area contributed by atoms with Crippen molar-refractivity contribution in [2.45, 2.75) is 57.7 Å². The lowest BCUT2D eigenvalue weighted by Crippen LogP contribution is -2.62. The zero-order chi connectivity index (χ0) is 18.1. The van der Waals surface area contributed by atoms with Crippen LogP contribution in [0.1, 0.15) is 40.5 Å². The Bertz CT molecular complexity index is 645. The molecule has 24 heavy (non-hydrogen) atoms. The molecular weight excluding hydrogens is 318 g/mol. The Morgan fingerprint density at radius 2 is 1.75 bits per heavy atom. The second kappa shape index (κ2) is 6.43. The SMILES string of the molecule is CC1(C)CC(NC(=O)C(=O)Nc2cnc(F)c(F)c2)CC(C)(C)N1. The van der Waals surface area contributed by atoms with Gasteiger partial charge in [0, 0.05) is 23.2 Å². The number of piperidine rings is 1. The van der Waals surface area contributed by atoms with Gasteiger partial charge in [-0.2, -0.15) is 4.39 Å². The molecule has 0 spiro atoms. The number of aromatic nitrogens is 1. The summed E-state index contributed by atoms with van der Waals surface area (Å²) in [6, 6.07) is 0.599. The van der Waals surface area contributed by atoms with Crippen LogP contribution in [0.25, 0.3) is 0 Å². The van der Waals surface area contributed by atoms with Gasteiger partial charge in [-0.25, -0.2) is 9.37 Å². The first-order valence-corrected chi connectivity index (χ1v) is 7.70. The van der Waals surface area contributed by atoms with Gasteiger partial charge in [0.15, 0.2) is 5.82 Å². The molecule has 0 aromatic carbocycles. The molecule has 0 atom stereocenters. The number of carbonyl (C=O) groups excluding carboxylic acids is 2. The van der Waals surface area contributed by atoms with Crippen LogP contribution in [0.5, 0.6) is 0 Å². The molecule has 2 rings (SSSR count). The first kappa shape index (κ1) is 18.3. The van der Waals surface area contributed by atoms with Crippen molar-refractivity contribution < 1.29 is 18.4 Å². The van der Waals surface area contributed by atoms with E-state index in [9.17, 15) is 18.4 Å². The maximum absolute atomic E-state index is 13.1. The van der Waals surface area contributed by atoms with Gasteiger partial charge in [-0.15, -0.1) is 0 Å². The Labute approximate surface area is 139 Å². The normalized spacial score (nSPS) is 19.6. The summed E-state index contributed by atoms with van der Waals surface area (Å²) in [7, 11) is 0. The van der Waals surface area contributed by atoms with Crippen LogP contribution in [0.15, 0.2) is 12.3 Å². The molecule has 1 fully saturated rings. The maximum atomic E-state index is 13.1. The summed E-state index contributed by atoms with van der Waals surface area (Å²) in [5.41, 5.74) is -0.444. The fraction of sp³-hybridized carbons (Fsp3) is 0.562. The maximum Gasteiger partial charge on any atom is 0.313 e. The van der Waals surface area contributed by atoms with E-state index < -0.39 is 23.6 Å². The minimum atomic E-state index is -1.27. The van der Waals surface area contributed by atoms with Crippen molar-refractivity contribution in [2.24, 2.45) is 0 Å². The van der Waals surface area contributed by atoms with Gasteiger partial charge in [0.2, 0.25) is 5.95 Å². The lowest BCUT2D eigenvalue weighted by molar-refractivity contribution is -0.137. The van der Waals surface area contributed by atoms with Crippen molar-refractivity contribution in [3.63, 3.8) is 0 Å². The van der Waals surface area contributed by atoms with Gasteiger partial charge in [-0.3, -0.25) is 9.59 Å². The lowest BCUT2D eigenvalue weighted by atomic mass is 9.79. The van der Waals surface area contributed by atoms with E-state index >= 15 is 0 Å². The van der Waals surface area contributed by atoms with Crippen LogP contribution >= 0.6 is 0 Å². The molecule has 0 radical (unpaired) electrons. The average molecular weight is 340 g/mol. The molecule has 1 aromatic rings. The highest BCUT2D eigenvalue weighted by Gasteiger charge is 2.38. The van der Waals surface area contributed by atoms with Crippen LogP contribution in [0, 0.1) is 11.8 Å². The topological polar surface area (TPSA) is 83.1 Å². The van der Waals surface area contributed by atoms with E-state index in [-0.39, 0.29) is 22.8 Å². The van der Waals surface area contributed by atoms with Crippen LogP contribution in [0.4, 0.5) is 14.5 Å². The summed E-state index contributed by atoms with van der Waals surface area (Å²) < 4.78 is 25.8. The highest BCUT2D eigenvalue weighted by Crippen LogP contribution is 2.28. The summed E-state index contributed by atoms with van der Waals surface area (Å²) in [4.78, 5) is 27.1. The van der Waals surface area contributed by atoms with Gasteiger partial charge in [0.25, 0.3) is 0 Å². The number of nitrogens with zero attached hydrogens (tertiary/aromatic N) is 1. The van der Waals surface area contributed by atoms with Crippen LogP contribution in [0.3, 0.4) is 0 Å². The van der Waals surface area contributed by atoms with Crippen LogP contribution in [-0.2, 0) is 9.59 Å². The Morgan fingerprint density at radius 1 is 1.17 bits per heavy atom. The van der Waals surface area contributed by atoms with Gasteiger partial charge in [-0.1, -0.05) is 0 Å². The Morgan fingerprint density at radius 3 is 2.29 bits per heavy atom. The molecule has 0 saturated carbocycles. The fourth-order valence-electron chi connectivity index (χ4n) is 3.35. The molecule has 0 unspecified atom stereocenters. The molecule has 0 aliphatic carbocycles. The third-order valence-electron chi connectivity index (χ3n) is 3.79. The van der Waals surface area contributed by atoms with Crippen LogP contribution < -0.4 is 16.0 Å². The minimum absolute atomic E-state index is 0.0833. The van der Waals surface area contributed by atoms with Crippen molar-refractivity contribution in [3.8, 4) is 0 Å². The molecule has 1 aromatic heterocycles. The molecule has 132 valence electrons. The van der Waals surface area contributed by atoms with Crippen LogP contribution in [0.2, 0.25) is 0 Å². The largest absolute Gasteiger partial charge is 0.345 e. The van der Waals surface area contributed by atoms with Gasteiger partial charge >= 0.3 is 11.8 Å².